The van der Waals surface area contributed by atoms with E-state index in [1.165, 1.54) is 32.1 Å². The molecule has 0 aromatic carbocycles. The Morgan fingerprint density at radius 3 is 2.64 bits per heavy atom. The van der Waals surface area contributed by atoms with Gasteiger partial charge in [-0.15, -0.1) is 0 Å². The van der Waals surface area contributed by atoms with E-state index in [0.29, 0.717) is 6.04 Å². The molecule has 1 aliphatic rings. The predicted octanol–water partition coefficient (Wildman–Crippen LogP) is 5.42. The molecule has 5 rings (SSSR count). The van der Waals surface area contributed by atoms with Gasteiger partial charge in [0.05, 0.1) is 17.9 Å². The Morgan fingerprint density at radius 2 is 1.88 bits per heavy atom. The average molecular weight is 444 g/mol. The summed E-state index contributed by atoms with van der Waals surface area (Å²) in [5.74, 6) is 0.975. The molecular formula is C26H33N7. The summed E-state index contributed by atoms with van der Waals surface area (Å²) < 4.78 is 1.80. The van der Waals surface area contributed by atoms with Crippen molar-refractivity contribution in [2.24, 2.45) is 0 Å². The fraction of sp³-hybridized carbons (Fsp3) is 0.462. The summed E-state index contributed by atoms with van der Waals surface area (Å²) in [5.41, 5.74) is 5.62. The van der Waals surface area contributed by atoms with Gasteiger partial charge in [-0.05, 0) is 64.8 Å². The lowest BCUT2D eigenvalue weighted by molar-refractivity contribution is 0.0498. The van der Waals surface area contributed by atoms with E-state index in [2.05, 4.69) is 46.8 Å². The summed E-state index contributed by atoms with van der Waals surface area (Å²) in [6.07, 6.45) is 10.1. The van der Waals surface area contributed by atoms with Crippen molar-refractivity contribution < 1.29 is 0 Å². The molecule has 0 bridgehead atoms. The number of rotatable bonds is 5. The van der Waals surface area contributed by atoms with Crippen molar-refractivity contribution in [1.29, 1.82) is 0 Å². The maximum atomic E-state index is 5.11. The lowest BCUT2D eigenvalue weighted by atomic mass is 9.90. The zero-order chi connectivity index (χ0) is 23.0. The molecule has 0 aliphatic heterocycles. The van der Waals surface area contributed by atoms with Gasteiger partial charge in [-0.1, -0.05) is 25.3 Å². The third-order valence-corrected chi connectivity index (χ3v) is 6.64. The number of nitrogens with zero attached hydrogens (tertiary/aromatic N) is 6. The van der Waals surface area contributed by atoms with Gasteiger partial charge in [-0.3, -0.25) is 9.88 Å². The first-order valence-electron chi connectivity index (χ1n) is 12.0. The van der Waals surface area contributed by atoms with Crippen LogP contribution >= 0.6 is 0 Å². The zero-order valence-corrected chi connectivity index (χ0v) is 20.0. The van der Waals surface area contributed by atoms with Gasteiger partial charge in [0, 0.05) is 29.0 Å². The number of hydrogen-bond acceptors (Lipinski definition) is 5. The minimum Gasteiger partial charge on any atom is -0.340 e. The Hall–Kier alpha value is -3.06. The number of nitrogens with one attached hydrogen (secondary N) is 1. The van der Waals surface area contributed by atoms with Gasteiger partial charge in [0.25, 0.3) is 0 Å². The lowest BCUT2D eigenvalue weighted by Gasteiger charge is -2.43. The highest BCUT2D eigenvalue weighted by Gasteiger charge is 2.31. The minimum atomic E-state index is 0.0658. The Kier molecular flexibility index (Phi) is 5.74. The number of pyridine rings is 2. The molecule has 4 heterocycles. The number of H-pyrrole nitrogens is 1. The summed E-state index contributed by atoms with van der Waals surface area (Å²) in [7, 11) is 0. The van der Waals surface area contributed by atoms with E-state index in [1.807, 2.05) is 37.4 Å². The third kappa shape index (κ3) is 4.55. The number of aryl methyl sites for hydroxylation is 1. The molecule has 0 unspecified atom stereocenters. The monoisotopic (exact) mass is 443 g/mol. The van der Waals surface area contributed by atoms with Crippen LogP contribution in [-0.2, 0) is 6.54 Å². The Balaban J connectivity index is 1.57. The summed E-state index contributed by atoms with van der Waals surface area (Å²) in [4.78, 5) is 20.5. The number of aromatic nitrogens is 6. The van der Waals surface area contributed by atoms with Crippen LogP contribution in [0, 0.1) is 6.92 Å². The summed E-state index contributed by atoms with van der Waals surface area (Å²) in [6.45, 7) is 9.74. The molecule has 7 heteroatoms. The SMILES string of the molecule is Cc1cccc(-c2nc(CN(C3CCCCC3)C(C)(C)C)[nH]c2-c2ccc3ncnn3c2)n1. The van der Waals surface area contributed by atoms with Crippen molar-refractivity contribution in [1.82, 2.24) is 34.4 Å². The first kappa shape index (κ1) is 21.8. The second-order valence-corrected chi connectivity index (χ2v) is 10.1. The highest BCUT2D eigenvalue weighted by molar-refractivity contribution is 5.77. The van der Waals surface area contributed by atoms with Gasteiger partial charge in [-0.25, -0.2) is 14.5 Å². The molecule has 0 saturated heterocycles. The van der Waals surface area contributed by atoms with Gasteiger partial charge >= 0.3 is 0 Å². The van der Waals surface area contributed by atoms with Crippen LogP contribution < -0.4 is 0 Å². The number of aromatic amines is 1. The van der Waals surface area contributed by atoms with Crippen molar-refractivity contribution in [3.8, 4) is 22.6 Å². The molecule has 0 amide bonds. The van der Waals surface area contributed by atoms with E-state index in [1.54, 1.807) is 10.8 Å². The molecule has 4 aromatic heterocycles. The molecule has 1 saturated carbocycles. The van der Waals surface area contributed by atoms with E-state index >= 15 is 0 Å². The van der Waals surface area contributed by atoms with Crippen LogP contribution in [-0.4, -0.2) is 46.0 Å². The summed E-state index contributed by atoms with van der Waals surface area (Å²) in [5, 5.41) is 4.32. The fourth-order valence-corrected chi connectivity index (χ4v) is 5.00. The standard InChI is InChI=1S/C26H33N7/c1-18-9-8-12-21(29-18)25-24(19-13-14-23-27-17-28-33(23)15-19)30-22(31-25)16-32(26(2,3)4)20-10-6-5-7-11-20/h8-9,12-15,17,20H,5-7,10-11,16H2,1-4H3,(H,30,31). The van der Waals surface area contributed by atoms with E-state index < -0.39 is 0 Å². The lowest BCUT2D eigenvalue weighted by Crippen LogP contribution is -2.48. The van der Waals surface area contributed by atoms with Crippen LogP contribution in [0.1, 0.15) is 64.4 Å². The molecule has 33 heavy (non-hydrogen) atoms. The van der Waals surface area contributed by atoms with Crippen molar-refractivity contribution in [2.45, 2.75) is 77.9 Å². The Morgan fingerprint density at radius 1 is 1.06 bits per heavy atom. The Bertz CT molecular complexity index is 1240. The van der Waals surface area contributed by atoms with Crippen molar-refractivity contribution in [3.05, 3.63) is 54.4 Å². The van der Waals surface area contributed by atoms with E-state index in [4.69, 9.17) is 9.97 Å². The van der Waals surface area contributed by atoms with E-state index in [-0.39, 0.29) is 5.54 Å². The van der Waals surface area contributed by atoms with Crippen LogP contribution in [0.5, 0.6) is 0 Å². The van der Waals surface area contributed by atoms with Gasteiger partial charge < -0.3 is 4.98 Å². The molecular weight excluding hydrogens is 410 g/mol. The van der Waals surface area contributed by atoms with Crippen LogP contribution in [0.3, 0.4) is 0 Å². The second-order valence-electron chi connectivity index (χ2n) is 10.1. The largest absolute Gasteiger partial charge is 0.340 e. The van der Waals surface area contributed by atoms with Crippen LogP contribution in [0.4, 0.5) is 0 Å². The van der Waals surface area contributed by atoms with Gasteiger partial charge in [0.1, 0.15) is 17.8 Å². The predicted molar refractivity (Wildman–Crippen MR) is 131 cm³/mol. The fourth-order valence-electron chi connectivity index (χ4n) is 5.00. The third-order valence-electron chi connectivity index (χ3n) is 6.64. The van der Waals surface area contributed by atoms with E-state index in [0.717, 1.165) is 46.4 Å². The maximum absolute atomic E-state index is 5.11. The highest BCUT2D eigenvalue weighted by atomic mass is 15.3. The number of imidazole rings is 1. The van der Waals surface area contributed by atoms with Crippen molar-refractivity contribution in [2.75, 3.05) is 0 Å². The molecule has 0 spiro atoms. The number of fused-ring (bicyclic) bond motifs is 1. The topological polar surface area (TPSA) is 75.0 Å². The quantitative estimate of drug-likeness (QED) is 0.446. The molecule has 1 aliphatic carbocycles. The molecule has 7 nitrogen and oxygen atoms in total. The molecule has 0 atom stereocenters. The molecule has 172 valence electrons. The number of hydrogen-bond donors (Lipinski definition) is 1. The second kappa shape index (κ2) is 8.71. The first-order chi connectivity index (χ1) is 15.9. The molecule has 1 N–H and O–H groups in total. The zero-order valence-electron chi connectivity index (χ0n) is 20.0. The summed E-state index contributed by atoms with van der Waals surface area (Å²) >= 11 is 0. The molecule has 0 radical (unpaired) electrons. The Labute approximate surface area is 195 Å². The molecule has 4 aromatic rings. The van der Waals surface area contributed by atoms with Gasteiger partial charge in [0.2, 0.25) is 0 Å². The summed E-state index contributed by atoms with van der Waals surface area (Å²) in [6, 6.07) is 10.7. The average Bonchev–Trinajstić information content (AvgIpc) is 3.44. The van der Waals surface area contributed by atoms with Gasteiger partial charge in [0.15, 0.2) is 5.65 Å². The smallest absolute Gasteiger partial charge is 0.155 e. The first-order valence-corrected chi connectivity index (χ1v) is 12.0. The normalized spacial score (nSPS) is 15.5. The van der Waals surface area contributed by atoms with Crippen LogP contribution in [0.2, 0.25) is 0 Å². The minimum absolute atomic E-state index is 0.0658. The molecule has 1 fully saturated rings. The van der Waals surface area contributed by atoms with Crippen LogP contribution in [0.15, 0.2) is 42.9 Å². The van der Waals surface area contributed by atoms with Crippen molar-refractivity contribution >= 4 is 5.65 Å². The van der Waals surface area contributed by atoms with Crippen molar-refractivity contribution in [3.63, 3.8) is 0 Å². The van der Waals surface area contributed by atoms with Crippen LogP contribution in [0.25, 0.3) is 28.3 Å². The highest BCUT2D eigenvalue weighted by Crippen LogP contribution is 2.33. The maximum Gasteiger partial charge on any atom is 0.155 e. The van der Waals surface area contributed by atoms with E-state index in [9.17, 15) is 0 Å². The van der Waals surface area contributed by atoms with Gasteiger partial charge in [-0.2, -0.15) is 5.10 Å².